The van der Waals surface area contributed by atoms with Crippen LogP contribution in [0.25, 0.3) is 0 Å². The molecule has 2 aliphatic heterocycles. The highest BCUT2D eigenvalue weighted by atomic mass is 19.1. The van der Waals surface area contributed by atoms with Crippen LogP contribution in [0.15, 0.2) is 60.7 Å². The number of carboxylic acids is 1. The Labute approximate surface area is 242 Å². The maximum Gasteiger partial charge on any atom is 0.325 e. The average molecular weight is 574 g/mol. The van der Waals surface area contributed by atoms with Gasteiger partial charge >= 0.3 is 11.9 Å². The van der Waals surface area contributed by atoms with Crippen LogP contribution in [0.5, 0.6) is 0 Å². The average Bonchev–Trinajstić information content (AvgIpc) is 3.47. The summed E-state index contributed by atoms with van der Waals surface area (Å²) in [5.74, 6) is -3.43. The molecule has 3 aromatic carbocycles. The number of halogens is 1. The molecule has 0 aliphatic carbocycles. The number of hydrogen-bond donors (Lipinski definition) is 3. The van der Waals surface area contributed by atoms with E-state index in [0.29, 0.717) is 34.5 Å². The summed E-state index contributed by atoms with van der Waals surface area (Å²) in [5, 5.41) is 15.7. The van der Waals surface area contributed by atoms with Crippen molar-refractivity contribution < 1.29 is 33.4 Å². The van der Waals surface area contributed by atoms with E-state index in [4.69, 9.17) is 0 Å². The van der Waals surface area contributed by atoms with Crippen LogP contribution in [0.3, 0.4) is 0 Å². The maximum atomic E-state index is 14.0. The smallest absolute Gasteiger partial charge is 0.325 e. The van der Waals surface area contributed by atoms with Gasteiger partial charge in [0, 0.05) is 24.0 Å². The van der Waals surface area contributed by atoms with Gasteiger partial charge in [0.2, 0.25) is 11.8 Å². The van der Waals surface area contributed by atoms with Gasteiger partial charge < -0.3 is 25.4 Å². The number of ether oxygens (including phenoxy) is 1. The highest BCUT2D eigenvalue weighted by Crippen LogP contribution is 2.43. The second-order valence-corrected chi connectivity index (χ2v) is 11.0. The van der Waals surface area contributed by atoms with Crippen molar-refractivity contribution in [1.82, 2.24) is 5.32 Å². The number of benzene rings is 3. The Balaban J connectivity index is 1.49. The number of anilines is 2. The van der Waals surface area contributed by atoms with Crippen molar-refractivity contribution >= 4 is 35.1 Å². The molecule has 3 atom stereocenters. The molecule has 0 saturated heterocycles. The lowest BCUT2D eigenvalue weighted by molar-refractivity contribution is -0.141. The fraction of sp³-hybridized carbons (Fsp3) is 0.312. The van der Waals surface area contributed by atoms with Crippen molar-refractivity contribution in [2.75, 3.05) is 30.4 Å². The minimum absolute atomic E-state index is 0.0280. The van der Waals surface area contributed by atoms with E-state index in [9.17, 15) is 28.7 Å². The third-order valence-electron chi connectivity index (χ3n) is 8.16. The fourth-order valence-corrected chi connectivity index (χ4v) is 5.97. The van der Waals surface area contributed by atoms with Gasteiger partial charge in [0.15, 0.2) is 0 Å². The van der Waals surface area contributed by atoms with Crippen LogP contribution in [0.1, 0.15) is 47.6 Å². The van der Waals surface area contributed by atoms with E-state index in [1.165, 1.54) is 19.2 Å². The van der Waals surface area contributed by atoms with Gasteiger partial charge in [0.05, 0.1) is 18.9 Å². The molecular weight excluding hydrogens is 541 g/mol. The summed E-state index contributed by atoms with van der Waals surface area (Å²) in [5.41, 5.74) is 3.65. The Kier molecular flexibility index (Phi) is 7.73. The third kappa shape index (κ3) is 5.32. The second kappa shape index (κ2) is 11.3. The van der Waals surface area contributed by atoms with Gasteiger partial charge in [-0.3, -0.25) is 19.2 Å². The maximum absolute atomic E-state index is 14.0. The van der Waals surface area contributed by atoms with Gasteiger partial charge in [0.25, 0.3) is 0 Å². The van der Waals surface area contributed by atoms with E-state index in [1.807, 2.05) is 18.2 Å². The zero-order chi connectivity index (χ0) is 30.2. The van der Waals surface area contributed by atoms with Gasteiger partial charge in [-0.1, -0.05) is 36.4 Å². The van der Waals surface area contributed by atoms with E-state index in [1.54, 1.807) is 49.1 Å². The lowest BCUT2D eigenvalue weighted by atomic mass is 9.83. The molecule has 2 heterocycles. The van der Waals surface area contributed by atoms with E-state index in [0.717, 1.165) is 11.1 Å². The monoisotopic (exact) mass is 573 g/mol. The number of methoxy groups -OCH3 is 1. The van der Waals surface area contributed by atoms with E-state index < -0.39 is 29.2 Å². The lowest BCUT2D eigenvalue weighted by Gasteiger charge is -2.25. The molecule has 3 N–H and O–H groups in total. The molecule has 218 valence electrons. The van der Waals surface area contributed by atoms with Gasteiger partial charge in [-0.15, -0.1) is 0 Å². The van der Waals surface area contributed by atoms with Gasteiger partial charge in [0.1, 0.15) is 18.3 Å². The summed E-state index contributed by atoms with van der Waals surface area (Å²) in [6.07, 6.45) is 0.416. The molecule has 0 bridgehead atoms. The largest absolute Gasteiger partial charge is 0.481 e. The molecule has 3 aromatic rings. The number of esters is 1. The van der Waals surface area contributed by atoms with E-state index >= 15 is 0 Å². The van der Waals surface area contributed by atoms with Crippen molar-refractivity contribution in [1.29, 1.82) is 0 Å². The Morgan fingerprint density at radius 3 is 2.50 bits per heavy atom. The Morgan fingerprint density at radius 1 is 1.10 bits per heavy atom. The van der Waals surface area contributed by atoms with Crippen LogP contribution in [-0.4, -0.2) is 55.1 Å². The minimum Gasteiger partial charge on any atom is -0.481 e. The van der Waals surface area contributed by atoms with Crippen LogP contribution in [0, 0.1) is 5.82 Å². The number of carbonyl (C=O) groups is 4. The van der Waals surface area contributed by atoms with E-state index in [-0.39, 0.29) is 37.3 Å². The number of rotatable bonds is 8. The highest BCUT2D eigenvalue weighted by Gasteiger charge is 2.47. The number of hydrogen-bond acceptors (Lipinski definition) is 6. The number of carboxylic acid groups (broad SMARTS) is 1. The fourth-order valence-electron chi connectivity index (χ4n) is 5.97. The van der Waals surface area contributed by atoms with E-state index in [2.05, 4.69) is 15.4 Å². The molecule has 0 fully saturated rings. The topological polar surface area (TPSA) is 125 Å². The quantitative estimate of drug-likeness (QED) is 0.352. The summed E-state index contributed by atoms with van der Waals surface area (Å²) in [7, 11) is 1.23. The molecule has 2 unspecified atom stereocenters. The molecule has 9 nitrogen and oxygen atoms in total. The van der Waals surface area contributed by atoms with Crippen molar-refractivity contribution in [2.24, 2.45) is 0 Å². The predicted molar refractivity (Wildman–Crippen MR) is 154 cm³/mol. The zero-order valence-electron chi connectivity index (χ0n) is 23.6. The van der Waals surface area contributed by atoms with Crippen molar-refractivity contribution in [3.8, 4) is 0 Å². The molecule has 0 radical (unpaired) electrons. The molecule has 2 aliphatic rings. The standard InChI is InChI=1S/C32H32FN3O6/c1-18-28(30(39)40)29-21(5-4-6-24(29)35-18)15-26(37)36-17-32(2,31(41)34-16-27(38)42-3)23-12-9-20(14-25(23)36)13-19-7-10-22(33)11-8-19/h4-12,14,18,28,35H,13,15-17H2,1-3H3,(H,34,41)(H,39,40)/t18-,28?,32?/m1/s1. The second-order valence-electron chi connectivity index (χ2n) is 11.0. The highest BCUT2D eigenvalue weighted by molar-refractivity contribution is 6.03. The van der Waals surface area contributed by atoms with Crippen LogP contribution in [-0.2, 0) is 42.2 Å². The normalized spacial score (nSPS) is 20.3. The van der Waals surface area contributed by atoms with Crippen molar-refractivity contribution in [3.05, 3.63) is 94.3 Å². The number of carbonyl (C=O) groups excluding carboxylic acids is 3. The number of aliphatic carboxylic acids is 1. The van der Waals surface area contributed by atoms with Crippen LogP contribution >= 0.6 is 0 Å². The molecule has 10 heteroatoms. The molecule has 5 rings (SSSR count). The number of amides is 2. The molecule has 0 saturated carbocycles. The first-order chi connectivity index (χ1) is 20.0. The summed E-state index contributed by atoms with van der Waals surface area (Å²) in [6.45, 7) is 3.23. The van der Waals surface area contributed by atoms with Crippen LogP contribution in [0.2, 0.25) is 0 Å². The van der Waals surface area contributed by atoms with Crippen LogP contribution in [0.4, 0.5) is 15.8 Å². The SMILES string of the molecule is COC(=O)CNC(=O)C1(C)CN(C(=O)Cc2cccc3c2C(C(=O)O)[C@@H](C)N3)c2cc(Cc3ccc(F)cc3)ccc21. The van der Waals surface area contributed by atoms with Crippen molar-refractivity contribution in [2.45, 2.75) is 44.1 Å². The number of nitrogens with one attached hydrogen (secondary N) is 2. The summed E-state index contributed by atoms with van der Waals surface area (Å²) in [6, 6.07) is 16.7. The van der Waals surface area contributed by atoms with Gasteiger partial charge in [-0.2, -0.15) is 0 Å². The lowest BCUT2D eigenvalue weighted by Crippen LogP contribution is -2.48. The molecule has 0 aromatic heterocycles. The Bertz CT molecular complexity index is 1570. The molecule has 2 amide bonds. The van der Waals surface area contributed by atoms with Crippen LogP contribution < -0.4 is 15.5 Å². The summed E-state index contributed by atoms with van der Waals surface area (Å²) in [4.78, 5) is 52.8. The molecular formula is C32H32FN3O6. The van der Waals surface area contributed by atoms with Crippen molar-refractivity contribution in [3.63, 3.8) is 0 Å². The summed E-state index contributed by atoms with van der Waals surface area (Å²) < 4.78 is 18.1. The number of fused-ring (bicyclic) bond motifs is 2. The molecule has 42 heavy (non-hydrogen) atoms. The first-order valence-corrected chi connectivity index (χ1v) is 13.7. The minimum atomic E-state index is -1.16. The first kappa shape index (κ1) is 28.8. The van der Waals surface area contributed by atoms with Gasteiger partial charge in [-0.25, -0.2) is 4.39 Å². The zero-order valence-corrected chi connectivity index (χ0v) is 23.6. The number of nitrogens with zero attached hydrogens (tertiary/aromatic N) is 1. The third-order valence-corrected chi connectivity index (χ3v) is 8.16. The Hall–Kier alpha value is -4.73. The summed E-state index contributed by atoms with van der Waals surface area (Å²) >= 11 is 0. The predicted octanol–water partition coefficient (Wildman–Crippen LogP) is 3.53. The molecule has 0 spiro atoms. The first-order valence-electron chi connectivity index (χ1n) is 13.7. The van der Waals surface area contributed by atoms with Gasteiger partial charge in [-0.05, 0) is 72.4 Å². The Morgan fingerprint density at radius 2 is 1.81 bits per heavy atom.